The second-order valence-electron chi connectivity index (χ2n) is 5.42. The molecule has 0 saturated heterocycles. The van der Waals surface area contributed by atoms with Crippen LogP contribution in [0.1, 0.15) is 53.4 Å². The SMILES string of the molecule is CC(C)CC(=O)CCSSCCC(=O)CC(C)C. The molecule has 0 unspecified atom stereocenters. The Balaban J connectivity index is 3.36. The lowest BCUT2D eigenvalue weighted by atomic mass is 10.1. The monoisotopic (exact) mass is 290 g/mol. The molecule has 18 heavy (non-hydrogen) atoms. The van der Waals surface area contributed by atoms with Crippen LogP contribution in [-0.2, 0) is 9.59 Å². The smallest absolute Gasteiger partial charge is 0.134 e. The lowest BCUT2D eigenvalue weighted by molar-refractivity contribution is -0.120. The van der Waals surface area contributed by atoms with Gasteiger partial charge in [-0.15, -0.1) is 0 Å². The van der Waals surface area contributed by atoms with Crippen molar-refractivity contribution in [3.8, 4) is 0 Å². The molecule has 0 N–H and O–H groups in total. The van der Waals surface area contributed by atoms with Gasteiger partial charge in [0.2, 0.25) is 0 Å². The molecule has 2 nitrogen and oxygen atoms in total. The average Bonchev–Trinajstić information content (AvgIpc) is 2.20. The van der Waals surface area contributed by atoms with Crippen molar-refractivity contribution in [2.45, 2.75) is 53.4 Å². The van der Waals surface area contributed by atoms with Gasteiger partial charge in [0, 0.05) is 37.2 Å². The molecule has 0 heterocycles. The van der Waals surface area contributed by atoms with Crippen LogP contribution in [0.5, 0.6) is 0 Å². The van der Waals surface area contributed by atoms with Gasteiger partial charge < -0.3 is 0 Å². The maximum absolute atomic E-state index is 11.4. The molecule has 4 heteroatoms. The summed E-state index contributed by atoms with van der Waals surface area (Å²) in [5.41, 5.74) is 0. The van der Waals surface area contributed by atoms with Gasteiger partial charge in [0.15, 0.2) is 0 Å². The summed E-state index contributed by atoms with van der Waals surface area (Å²) in [7, 11) is 3.43. The average molecular weight is 290 g/mol. The van der Waals surface area contributed by atoms with Gasteiger partial charge >= 0.3 is 0 Å². The summed E-state index contributed by atoms with van der Waals surface area (Å²) in [5.74, 6) is 3.37. The first-order valence-corrected chi connectivity index (χ1v) is 9.18. The number of carbonyl (C=O) groups excluding carboxylic acids is 2. The van der Waals surface area contributed by atoms with Gasteiger partial charge in [-0.25, -0.2) is 0 Å². The van der Waals surface area contributed by atoms with E-state index in [-0.39, 0.29) is 0 Å². The van der Waals surface area contributed by atoms with E-state index in [0.29, 0.717) is 49.1 Å². The molecule has 0 fully saturated rings. The topological polar surface area (TPSA) is 34.1 Å². The zero-order chi connectivity index (χ0) is 14.0. The van der Waals surface area contributed by atoms with E-state index >= 15 is 0 Å². The molecule has 0 aromatic heterocycles. The quantitative estimate of drug-likeness (QED) is 0.418. The van der Waals surface area contributed by atoms with Crippen molar-refractivity contribution in [2.24, 2.45) is 11.8 Å². The third-order valence-electron chi connectivity index (χ3n) is 2.28. The van der Waals surface area contributed by atoms with E-state index in [4.69, 9.17) is 0 Å². The first-order chi connectivity index (χ1) is 8.41. The van der Waals surface area contributed by atoms with Gasteiger partial charge in [-0.2, -0.15) is 0 Å². The van der Waals surface area contributed by atoms with Gasteiger partial charge in [0.25, 0.3) is 0 Å². The van der Waals surface area contributed by atoms with Crippen LogP contribution in [0.25, 0.3) is 0 Å². The maximum Gasteiger partial charge on any atom is 0.134 e. The van der Waals surface area contributed by atoms with Gasteiger partial charge in [0.05, 0.1) is 0 Å². The van der Waals surface area contributed by atoms with Gasteiger partial charge in [0.1, 0.15) is 11.6 Å². The molecular formula is C14H26O2S2. The highest BCUT2D eigenvalue weighted by atomic mass is 33.1. The number of ketones is 2. The van der Waals surface area contributed by atoms with Crippen LogP contribution in [0.3, 0.4) is 0 Å². The first-order valence-electron chi connectivity index (χ1n) is 6.69. The standard InChI is InChI=1S/C14H26O2S2/c1-11(2)9-13(15)5-7-17-18-8-6-14(16)10-12(3)4/h11-12H,5-10H2,1-4H3. The molecule has 0 bridgehead atoms. The normalized spacial score (nSPS) is 11.2. The Kier molecular flexibility index (Phi) is 10.9. The minimum atomic E-state index is 0.356. The highest BCUT2D eigenvalue weighted by Gasteiger charge is 2.06. The Bertz CT molecular complexity index is 224. The van der Waals surface area contributed by atoms with Crippen molar-refractivity contribution in [2.75, 3.05) is 11.5 Å². The third kappa shape index (κ3) is 12.5. The highest BCUT2D eigenvalue weighted by Crippen LogP contribution is 2.23. The molecule has 0 aliphatic heterocycles. The van der Waals surface area contributed by atoms with E-state index < -0.39 is 0 Å². The van der Waals surface area contributed by atoms with Gasteiger partial charge in [-0.3, -0.25) is 9.59 Å². The number of rotatable bonds is 11. The molecule has 0 aliphatic carbocycles. The minimum Gasteiger partial charge on any atom is -0.300 e. The van der Waals surface area contributed by atoms with E-state index in [1.165, 1.54) is 0 Å². The predicted octanol–water partition coefficient (Wildman–Crippen LogP) is 4.38. The summed E-state index contributed by atoms with van der Waals surface area (Å²) in [6.07, 6.45) is 2.71. The van der Waals surface area contributed by atoms with Crippen LogP contribution in [0.4, 0.5) is 0 Å². The number of Topliss-reactive ketones (excluding diaryl/α,β-unsaturated/α-hetero) is 2. The second-order valence-corrected chi connectivity index (χ2v) is 8.12. The molecule has 0 aromatic carbocycles. The molecular weight excluding hydrogens is 264 g/mol. The van der Waals surface area contributed by atoms with E-state index in [1.807, 2.05) is 0 Å². The summed E-state index contributed by atoms with van der Waals surface area (Å²) in [4.78, 5) is 22.9. The zero-order valence-electron chi connectivity index (χ0n) is 12.0. The summed E-state index contributed by atoms with van der Waals surface area (Å²) in [5, 5.41) is 0. The summed E-state index contributed by atoms with van der Waals surface area (Å²) < 4.78 is 0. The summed E-state index contributed by atoms with van der Waals surface area (Å²) in [6.45, 7) is 8.28. The summed E-state index contributed by atoms with van der Waals surface area (Å²) in [6, 6.07) is 0. The van der Waals surface area contributed by atoms with Crippen LogP contribution >= 0.6 is 21.6 Å². The first kappa shape index (κ1) is 18.0. The fourth-order valence-corrected chi connectivity index (χ4v) is 3.61. The Morgan fingerprint density at radius 3 is 1.39 bits per heavy atom. The van der Waals surface area contributed by atoms with Crippen molar-refractivity contribution in [1.29, 1.82) is 0 Å². The predicted molar refractivity (Wildman–Crippen MR) is 83.1 cm³/mol. The molecule has 0 atom stereocenters. The largest absolute Gasteiger partial charge is 0.300 e. The second kappa shape index (κ2) is 10.9. The molecule has 0 spiro atoms. The third-order valence-corrected chi connectivity index (χ3v) is 4.69. The van der Waals surface area contributed by atoms with Crippen molar-refractivity contribution >= 4 is 33.2 Å². The van der Waals surface area contributed by atoms with Crippen LogP contribution in [0.2, 0.25) is 0 Å². The maximum atomic E-state index is 11.4. The Morgan fingerprint density at radius 2 is 1.11 bits per heavy atom. The van der Waals surface area contributed by atoms with Crippen LogP contribution in [-0.4, -0.2) is 23.1 Å². The Labute approximate surface area is 119 Å². The van der Waals surface area contributed by atoms with E-state index in [9.17, 15) is 9.59 Å². The summed E-state index contributed by atoms with van der Waals surface area (Å²) >= 11 is 0. The van der Waals surface area contributed by atoms with Gasteiger partial charge in [-0.05, 0) is 11.8 Å². The zero-order valence-corrected chi connectivity index (χ0v) is 13.7. The van der Waals surface area contributed by atoms with E-state index in [1.54, 1.807) is 21.6 Å². The van der Waals surface area contributed by atoms with Crippen molar-refractivity contribution in [1.82, 2.24) is 0 Å². The number of carbonyl (C=O) groups is 2. The fraction of sp³-hybridized carbons (Fsp3) is 0.857. The molecule has 0 saturated carbocycles. The van der Waals surface area contributed by atoms with Crippen molar-refractivity contribution < 1.29 is 9.59 Å². The fourth-order valence-electron chi connectivity index (χ4n) is 1.54. The molecule has 106 valence electrons. The van der Waals surface area contributed by atoms with Crippen molar-refractivity contribution in [3.05, 3.63) is 0 Å². The number of hydrogen-bond donors (Lipinski definition) is 0. The minimum absolute atomic E-state index is 0.356. The molecule has 0 amide bonds. The van der Waals surface area contributed by atoms with E-state index in [2.05, 4.69) is 27.7 Å². The van der Waals surface area contributed by atoms with Crippen LogP contribution in [0.15, 0.2) is 0 Å². The van der Waals surface area contributed by atoms with Crippen LogP contribution in [0, 0.1) is 11.8 Å². The molecule has 0 aliphatic rings. The Morgan fingerprint density at radius 1 is 0.778 bits per heavy atom. The molecule has 0 aromatic rings. The number of hydrogen-bond acceptors (Lipinski definition) is 4. The highest BCUT2D eigenvalue weighted by molar-refractivity contribution is 8.76. The van der Waals surface area contributed by atoms with E-state index in [0.717, 1.165) is 11.5 Å². The van der Waals surface area contributed by atoms with Crippen LogP contribution < -0.4 is 0 Å². The lowest BCUT2D eigenvalue weighted by Crippen LogP contribution is -2.04. The molecule has 0 radical (unpaired) electrons. The van der Waals surface area contributed by atoms with Crippen molar-refractivity contribution in [3.63, 3.8) is 0 Å². The van der Waals surface area contributed by atoms with Gasteiger partial charge in [-0.1, -0.05) is 49.3 Å². The Hall–Kier alpha value is 0.0400. The lowest BCUT2D eigenvalue weighted by Gasteiger charge is -2.04. The molecule has 0 rings (SSSR count).